The van der Waals surface area contributed by atoms with Crippen LogP contribution in [0.1, 0.15) is 36.1 Å². The van der Waals surface area contributed by atoms with Gasteiger partial charge in [0.25, 0.3) is 0 Å². The van der Waals surface area contributed by atoms with Gasteiger partial charge in [-0.25, -0.2) is 0 Å². The molecule has 0 saturated carbocycles. The monoisotopic (exact) mass is 352 g/mol. The third-order valence-electron chi connectivity index (χ3n) is 5.01. The van der Waals surface area contributed by atoms with Gasteiger partial charge in [-0.2, -0.15) is 4.91 Å². The normalized spacial score (nSPS) is 18.9. The molecule has 1 aliphatic heterocycles. The summed E-state index contributed by atoms with van der Waals surface area (Å²) in [4.78, 5) is 23.9. The van der Waals surface area contributed by atoms with E-state index < -0.39 is 0 Å². The summed E-state index contributed by atoms with van der Waals surface area (Å²) in [5, 5.41) is 6.60. The Morgan fingerprint density at radius 3 is 2.58 bits per heavy atom. The van der Waals surface area contributed by atoms with Gasteiger partial charge >= 0.3 is 0 Å². The number of nitrogens with two attached hydrogens (primary N) is 1. The van der Waals surface area contributed by atoms with Crippen LogP contribution in [0.5, 0.6) is 0 Å². The topological polar surface area (TPSA) is 87.8 Å². The molecule has 0 radical (unpaired) electrons. The first-order valence-electron chi connectivity index (χ1n) is 8.76. The third kappa shape index (κ3) is 3.85. The molecule has 6 nitrogen and oxygen atoms in total. The lowest BCUT2D eigenvalue weighted by molar-refractivity contribution is -0.117. The van der Waals surface area contributed by atoms with Crippen molar-refractivity contribution in [1.29, 1.82) is 0 Å². The smallest absolute Gasteiger partial charge is 0.221 e. The second kappa shape index (κ2) is 7.56. The maximum absolute atomic E-state index is 11.0. The van der Waals surface area contributed by atoms with Gasteiger partial charge in [0.15, 0.2) is 0 Å². The zero-order chi connectivity index (χ0) is 18.7. The number of fused-ring (bicyclic) bond motifs is 1. The van der Waals surface area contributed by atoms with Crippen molar-refractivity contribution in [1.82, 2.24) is 0 Å². The highest BCUT2D eigenvalue weighted by molar-refractivity contribution is 5.76. The first-order chi connectivity index (χ1) is 12.5. The van der Waals surface area contributed by atoms with Gasteiger partial charge in [0.1, 0.15) is 6.54 Å². The van der Waals surface area contributed by atoms with Crippen LogP contribution in [0.15, 0.2) is 47.6 Å². The molecule has 0 bridgehead atoms. The van der Waals surface area contributed by atoms with E-state index in [2.05, 4.69) is 41.5 Å². The van der Waals surface area contributed by atoms with E-state index >= 15 is 0 Å². The fourth-order valence-electron chi connectivity index (χ4n) is 3.50. The van der Waals surface area contributed by atoms with Gasteiger partial charge in [-0.15, -0.1) is 0 Å². The van der Waals surface area contributed by atoms with E-state index in [4.69, 9.17) is 5.73 Å². The molecule has 2 aromatic rings. The number of primary amides is 1. The van der Waals surface area contributed by atoms with Crippen LogP contribution in [-0.4, -0.2) is 19.0 Å². The molecule has 2 unspecified atom stereocenters. The molecule has 0 aromatic heterocycles. The number of anilines is 2. The number of hydrogen-bond donors (Lipinski definition) is 2. The maximum Gasteiger partial charge on any atom is 0.221 e. The Balaban J connectivity index is 1.85. The van der Waals surface area contributed by atoms with Gasteiger partial charge in [0, 0.05) is 24.5 Å². The van der Waals surface area contributed by atoms with Crippen LogP contribution in [0, 0.1) is 4.91 Å². The SMILES string of the molecule is CC1CC(Nc2ccc(CC(N)=O)cc2)c2cc(CN=O)ccc2N1C. The summed E-state index contributed by atoms with van der Waals surface area (Å²) in [6.07, 6.45) is 1.20. The second-order valence-corrected chi connectivity index (χ2v) is 6.91. The maximum atomic E-state index is 11.0. The van der Waals surface area contributed by atoms with Crippen LogP contribution >= 0.6 is 0 Å². The summed E-state index contributed by atoms with van der Waals surface area (Å²) in [5.74, 6) is -0.333. The minimum atomic E-state index is -0.333. The van der Waals surface area contributed by atoms with Crippen molar-refractivity contribution >= 4 is 17.3 Å². The second-order valence-electron chi connectivity index (χ2n) is 6.91. The molecule has 1 amide bonds. The highest BCUT2D eigenvalue weighted by atomic mass is 16.3. The third-order valence-corrected chi connectivity index (χ3v) is 5.01. The predicted molar refractivity (Wildman–Crippen MR) is 104 cm³/mol. The Morgan fingerprint density at radius 2 is 1.92 bits per heavy atom. The summed E-state index contributed by atoms with van der Waals surface area (Å²) in [6.45, 7) is 2.38. The molecule has 0 saturated heterocycles. The highest BCUT2D eigenvalue weighted by Crippen LogP contribution is 2.38. The van der Waals surface area contributed by atoms with Crippen molar-refractivity contribution in [2.75, 3.05) is 17.3 Å². The average molecular weight is 352 g/mol. The van der Waals surface area contributed by atoms with Gasteiger partial charge in [0.2, 0.25) is 5.91 Å². The number of rotatable bonds is 6. The zero-order valence-electron chi connectivity index (χ0n) is 15.1. The Hall–Kier alpha value is -2.89. The van der Waals surface area contributed by atoms with Gasteiger partial charge < -0.3 is 16.0 Å². The largest absolute Gasteiger partial charge is 0.378 e. The Labute approximate surface area is 153 Å². The Bertz CT molecular complexity index is 804. The number of nitrogens with one attached hydrogen (secondary N) is 1. The van der Waals surface area contributed by atoms with Crippen molar-refractivity contribution in [2.24, 2.45) is 10.9 Å². The van der Waals surface area contributed by atoms with E-state index in [1.54, 1.807) is 0 Å². The van der Waals surface area contributed by atoms with Crippen molar-refractivity contribution < 1.29 is 4.79 Å². The van der Waals surface area contributed by atoms with Crippen molar-refractivity contribution in [3.8, 4) is 0 Å². The lowest BCUT2D eigenvalue weighted by Gasteiger charge is -2.39. The fourth-order valence-corrected chi connectivity index (χ4v) is 3.50. The number of hydrogen-bond acceptors (Lipinski definition) is 5. The predicted octanol–water partition coefficient (Wildman–Crippen LogP) is 3.36. The molecule has 2 atom stereocenters. The van der Waals surface area contributed by atoms with Gasteiger partial charge in [-0.1, -0.05) is 23.4 Å². The molecular formula is C20H24N4O2. The van der Waals surface area contributed by atoms with Crippen LogP contribution in [0.2, 0.25) is 0 Å². The van der Waals surface area contributed by atoms with E-state index in [0.717, 1.165) is 23.2 Å². The lowest BCUT2D eigenvalue weighted by atomic mass is 9.90. The molecule has 136 valence electrons. The standard InChI is InChI=1S/C20H24N4O2/c1-13-9-18(23-16-6-3-14(4-7-16)11-20(21)25)17-10-15(12-22-26)5-8-19(17)24(13)2/h3-8,10,13,18,23H,9,11-12H2,1-2H3,(H2,21,25). The molecule has 1 heterocycles. The number of nitrogens with zero attached hydrogens (tertiary/aromatic N) is 2. The summed E-state index contributed by atoms with van der Waals surface area (Å²) >= 11 is 0. The number of nitroso groups, excluding NO2 is 1. The molecular weight excluding hydrogens is 328 g/mol. The molecule has 3 N–H and O–H groups in total. The van der Waals surface area contributed by atoms with Crippen molar-refractivity contribution in [3.05, 3.63) is 64.1 Å². The van der Waals surface area contributed by atoms with E-state index in [-0.39, 0.29) is 24.9 Å². The van der Waals surface area contributed by atoms with Gasteiger partial charge in [0.05, 0.1) is 12.5 Å². The number of benzene rings is 2. The fraction of sp³-hybridized carbons (Fsp3) is 0.350. The van der Waals surface area contributed by atoms with Crippen LogP contribution in [0.25, 0.3) is 0 Å². The van der Waals surface area contributed by atoms with Crippen LogP contribution in [0.4, 0.5) is 11.4 Å². The number of amides is 1. The van der Waals surface area contributed by atoms with Crippen LogP contribution in [0.3, 0.4) is 0 Å². The zero-order valence-corrected chi connectivity index (χ0v) is 15.1. The Morgan fingerprint density at radius 1 is 1.23 bits per heavy atom. The summed E-state index contributed by atoms with van der Waals surface area (Å²) in [7, 11) is 2.09. The highest BCUT2D eigenvalue weighted by Gasteiger charge is 2.28. The van der Waals surface area contributed by atoms with E-state index in [1.165, 1.54) is 11.3 Å². The van der Waals surface area contributed by atoms with Gasteiger partial charge in [-0.05, 0) is 54.3 Å². The van der Waals surface area contributed by atoms with E-state index in [1.807, 2.05) is 30.3 Å². The summed E-state index contributed by atoms with van der Waals surface area (Å²) in [5.41, 5.74) is 10.4. The summed E-state index contributed by atoms with van der Waals surface area (Å²) < 4.78 is 0. The first-order valence-corrected chi connectivity index (χ1v) is 8.76. The molecule has 0 spiro atoms. The molecule has 1 aliphatic rings. The minimum absolute atomic E-state index is 0.143. The molecule has 6 heteroatoms. The van der Waals surface area contributed by atoms with Crippen molar-refractivity contribution in [2.45, 2.75) is 38.4 Å². The van der Waals surface area contributed by atoms with Crippen LogP contribution < -0.4 is 16.0 Å². The quantitative estimate of drug-likeness (QED) is 0.780. The number of carbonyl (C=O) groups excluding carboxylic acids is 1. The Kier molecular flexibility index (Phi) is 5.21. The van der Waals surface area contributed by atoms with E-state index in [9.17, 15) is 9.70 Å². The molecule has 26 heavy (non-hydrogen) atoms. The lowest BCUT2D eigenvalue weighted by Crippen LogP contribution is -2.37. The minimum Gasteiger partial charge on any atom is -0.378 e. The van der Waals surface area contributed by atoms with Crippen LogP contribution in [-0.2, 0) is 17.8 Å². The molecule has 0 aliphatic carbocycles. The molecule has 0 fully saturated rings. The summed E-state index contributed by atoms with van der Waals surface area (Å²) in [6, 6.07) is 14.4. The van der Waals surface area contributed by atoms with E-state index in [0.29, 0.717) is 6.04 Å². The average Bonchev–Trinajstić information content (AvgIpc) is 2.61. The van der Waals surface area contributed by atoms with Gasteiger partial charge in [-0.3, -0.25) is 4.79 Å². The molecule has 3 rings (SSSR count). The van der Waals surface area contributed by atoms with Crippen molar-refractivity contribution in [3.63, 3.8) is 0 Å². The molecule has 2 aromatic carbocycles. The number of carbonyl (C=O) groups is 1. The first kappa shape index (κ1) is 17.9.